The number of ketones is 1. The Balaban J connectivity index is 0.00000980. The first-order valence-corrected chi connectivity index (χ1v) is 20.9. The van der Waals surface area contributed by atoms with Gasteiger partial charge in [-0.05, 0) is 55.7 Å². The number of benzene rings is 1. The van der Waals surface area contributed by atoms with Crippen molar-refractivity contribution in [3.63, 3.8) is 0 Å². The van der Waals surface area contributed by atoms with Gasteiger partial charge in [0.25, 0.3) is 11.5 Å². The second-order valence-electron chi connectivity index (χ2n) is 15.5. The Morgan fingerprint density at radius 2 is 1.49 bits per heavy atom. The molecule has 3 aromatic heterocycles. The van der Waals surface area contributed by atoms with Gasteiger partial charge in [0.15, 0.2) is 11.2 Å². The van der Waals surface area contributed by atoms with Crippen LogP contribution in [0.4, 0.5) is 11.6 Å². The van der Waals surface area contributed by atoms with Gasteiger partial charge in [-0.15, -0.1) is 0 Å². The van der Waals surface area contributed by atoms with Gasteiger partial charge < -0.3 is 56.5 Å². The third-order valence-corrected chi connectivity index (χ3v) is 10.5. The van der Waals surface area contributed by atoms with Crippen molar-refractivity contribution in [3.8, 4) is 0 Å². The van der Waals surface area contributed by atoms with Crippen LogP contribution in [0.15, 0.2) is 53.5 Å². The molecule has 0 saturated heterocycles. The number of nitrogen functional groups attached to an aromatic ring is 1. The molecule has 4 heterocycles. The summed E-state index contributed by atoms with van der Waals surface area (Å²) in [5.74, 6) is -7.03. The summed E-state index contributed by atoms with van der Waals surface area (Å²) in [4.78, 5) is 122. The predicted molar refractivity (Wildman–Crippen MR) is 232 cm³/mol. The molecule has 0 aliphatic carbocycles. The molecule has 1 aromatic carbocycles. The van der Waals surface area contributed by atoms with Crippen molar-refractivity contribution >= 4 is 84.1 Å². The number of fused-ring (bicyclic) bond motifs is 3. The van der Waals surface area contributed by atoms with Crippen LogP contribution in [-0.2, 0) is 48.4 Å². The average molecular weight is 984 g/mol. The van der Waals surface area contributed by atoms with Crippen LogP contribution < -0.4 is 42.6 Å². The molecule has 1 aliphatic rings. The molecule has 25 heteroatoms. The fraction of sp³-hybridized carbons (Fsp3) is 0.429. The van der Waals surface area contributed by atoms with Gasteiger partial charge in [0.05, 0.1) is 53.8 Å². The maximum atomic E-state index is 12.9. The van der Waals surface area contributed by atoms with Crippen LogP contribution in [0.25, 0.3) is 11.2 Å². The zero-order valence-corrected chi connectivity index (χ0v) is 38.7. The number of carboxylic acids is 4. The number of carbonyl (C=O) groups is 7. The summed E-state index contributed by atoms with van der Waals surface area (Å²) in [5, 5.41) is 53.2. The Labute approximate surface area is 395 Å². The number of amides is 2. The van der Waals surface area contributed by atoms with Crippen LogP contribution in [0.2, 0.25) is 0 Å². The Hall–Kier alpha value is -6.80. The number of hydrogen-bond acceptors (Lipinski definition) is 20. The summed E-state index contributed by atoms with van der Waals surface area (Å²) < 4.78 is 0. The van der Waals surface area contributed by atoms with E-state index in [2.05, 4.69) is 40.9 Å². The Kier molecular flexibility index (Phi) is 20.3. The number of rotatable bonds is 22. The molecule has 352 valence electrons. The van der Waals surface area contributed by atoms with Crippen molar-refractivity contribution in [3.05, 3.63) is 81.7 Å². The molecule has 5 rings (SSSR count). The molecule has 67 heavy (non-hydrogen) atoms. The monoisotopic (exact) mass is 982 g/mol. The van der Waals surface area contributed by atoms with Gasteiger partial charge >= 0.3 is 25.8 Å². The van der Waals surface area contributed by atoms with Gasteiger partial charge in [-0.25, -0.2) is 14.8 Å². The summed E-state index contributed by atoms with van der Waals surface area (Å²) in [5.41, 5.74) is 7.26. The summed E-state index contributed by atoms with van der Waals surface area (Å²) >= 11 is 0. The number of Topliss-reactive ketones (excluding diaryl/α,β-unsaturated/α-hetero) is 1. The van der Waals surface area contributed by atoms with Crippen molar-refractivity contribution in [2.45, 2.75) is 70.2 Å². The zero-order chi connectivity index (χ0) is 47.8. The topological polar surface area (TPSA) is 365 Å². The fourth-order valence-corrected chi connectivity index (χ4v) is 7.13. The molecule has 0 saturated carbocycles. The van der Waals surface area contributed by atoms with Gasteiger partial charge in [-0.1, -0.05) is 6.07 Å². The number of carboxylic acid groups (broad SMARTS) is 4. The number of aromatic amines is 1. The summed E-state index contributed by atoms with van der Waals surface area (Å²) in [6, 6.07) is 8.53. The molecule has 0 fully saturated rings. The summed E-state index contributed by atoms with van der Waals surface area (Å²) in [6.45, 7) is -0.127. The molecule has 1 aliphatic heterocycles. The number of aromatic nitrogens is 5. The van der Waals surface area contributed by atoms with Crippen LogP contribution in [-0.4, -0.2) is 164 Å². The standard InChI is InChI=1S/C42H52N12O12.Ga/c43-42-50-37-36(39(62)51-42)48-29(20-46-37)19-45-26-8-6-25(7-9-26)38(61)49-31(40(63)64)11-13-33(56)44-14-2-5-30(55)10-12-32(41(65)66)54-18-17-52(23-34(57)58)15-16-53(24-35(59)60)21-27-3-1-4-28(22-54)47-27;/h1,3-4,6-9,20,31-32,45H,2,5,10-19,21-24H2,(H,44,56)(H,49,61)(H,57,58)(H,59,60)(H,63,64)(H,65,66)(H3,43,46,50,51,62);/q;+3/p-3/t31-,32?;/m0./s1. The van der Waals surface area contributed by atoms with Crippen molar-refractivity contribution in [1.29, 1.82) is 0 Å². The smallest absolute Gasteiger partial charge is 0.549 e. The number of anilines is 2. The first-order valence-electron chi connectivity index (χ1n) is 20.9. The van der Waals surface area contributed by atoms with Crippen LogP contribution in [0, 0.1) is 0 Å². The number of H-pyrrole nitrogens is 1. The zero-order valence-electron chi connectivity index (χ0n) is 36.3. The fourth-order valence-electron chi connectivity index (χ4n) is 7.13. The van der Waals surface area contributed by atoms with Gasteiger partial charge in [0.1, 0.15) is 11.8 Å². The second-order valence-corrected chi connectivity index (χ2v) is 15.5. The minimum absolute atomic E-state index is 0. The van der Waals surface area contributed by atoms with E-state index in [1.54, 1.807) is 40.1 Å². The Morgan fingerprint density at radius 1 is 0.821 bits per heavy atom. The van der Waals surface area contributed by atoms with E-state index < -0.39 is 66.4 Å². The molecule has 0 radical (unpaired) electrons. The average Bonchev–Trinajstić information content (AvgIpc) is 3.26. The molecule has 2 bridgehead atoms. The number of hydrogen-bond donors (Lipinski definition) is 6. The van der Waals surface area contributed by atoms with Gasteiger partial charge in [0, 0.05) is 89.4 Å². The molecule has 2 atom stereocenters. The van der Waals surface area contributed by atoms with Crippen molar-refractivity contribution in [2.75, 3.05) is 56.9 Å². The second kappa shape index (κ2) is 25.8. The predicted octanol–water partition coefficient (Wildman–Crippen LogP) is -4.63. The number of nitrogens with zero attached hydrogens (tertiary/aromatic N) is 7. The van der Waals surface area contributed by atoms with Gasteiger partial charge in [-0.3, -0.25) is 43.8 Å². The Morgan fingerprint density at radius 3 is 2.18 bits per heavy atom. The van der Waals surface area contributed by atoms with E-state index in [1.165, 1.54) is 23.2 Å². The first kappa shape index (κ1) is 52.8. The number of nitrogens with two attached hydrogens (primary N) is 1. The van der Waals surface area contributed by atoms with E-state index in [0.29, 0.717) is 22.8 Å². The molecular weight excluding hydrogens is 934 g/mol. The van der Waals surface area contributed by atoms with Crippen LogP contribution in [0.1, 0.15) is 66.0 Å². The Bertz CT molecular complexity index is 2460. The van der Waals surface area contributed by atoms with E-state index in [0.717, 1.165) is 0 Å². The van der Waals surface area contributed by atoms with Crippen LogP contribution >= 0.6 is 0 Å². The van der Waals surface area contributed by atoms with E-state index in [1.807, 2.05) is 0 Å². The van der Waals surface area contributed by atoms with Gasteiger partial charge in [-0.2, -0.15) is 4.98 Å². The SMILES string of the molecule is Nc1nc2ncc(CNc3ccc(C(=O)N[C@@H](CCC(=O)NCCCC(=O)CCC(C(=O)[O-])N4CCN(CC(=O)[O-])CCN(CC(=O)[O-])Cc5cccc(n5)C4)C(=O)O)cc3)nc2c(=O)[nH]1.[Ga+3]. The van der Waals surface area contributed by atoms with Gasteiger partial charge in [0.2, 0.25) is 11.9 Å². The number of aliphatic carboxylic acids is 4. The van der Waals surface area contributed by atoms with E-state index >= 15 is 0 Å². The first-order chi connectivity index (χ1) is 31.5. The quantitative estimate of drug-likeness (QED) is 0.0319. The molecule has 1 unspecified atom stereocenters. The van der Waals surface area contributed by atoms with Crippen molar-refractivity contribution in [1.82, 2.24) is 50.3 Å². The van der Waals surface area contributed by atoms with Crippen LogP contribution in [0.3, 0.4) is 0 Å². The van der Waals surface area contributed by atoms with E-state index in [-0.39, 0.29) is 139 Å². The maximum absolute atomic E-state index is 12.9. The minimum Gasteiger partial charge on any atom is -0.549 e. The molecule has 4 aromatic rings. The third kappa shape index (κ3) is 17.2. The summed E-state index contributed by atoms with van der Waals surface area (Å²) in [6.07, 6.45) is 0.893. The number of nitrogens with one attached hydrogen (secondary N) is 4. The molecule has 24 nitrogen and oxygen atoms in total. The van der Waals surface area contributed by atoms with Crippen molar-refractivity contribution in [2.24, 2.45) is 0 Å². The van der Waals surface area contributed by atoms with E-state index in [9.17, 15) is 58.8 Å². The molecular formula is C42H49GaN12O12. The molecule has 2 amide bonds. The maximum Gasteiger partial charge on any atom is 3.00 e. The minimum atomic E-state index is -1.44. The number of carbonyl (C=O) groups excluding carboxylic acids is 6. The largest absolute Gasteiger partial charge is 3.00 e. The van der Waals surface area contributed by atoms with Crippen molar-refractivity contribution < 1.29 is 54.0 Å². The summed E-state index contributed by atoms with van der Waals surface area (Å²) in [7, 11) is 0. The molecule has 7 N–H and O–H groups in total. The molecule has 0 spiro atoms. The van der Waals surface area contributed by atoms with E-state index in [4.69, 9.17) is 5.73 Å². The normalized spacial score (nSPS) is 14.6. The number of pyridine rings is 1. The third-order valence-electron chi connectivity index (χ3n) is 10.5. The van der Waals surface area contributed by atoms with Crippen LogP contribution in [0.5, 0.6) is 0 Å².